The molecule has 0 spiro atoms. The molecule has 2 unspecified atom stereocenters. The van der Waals surface area contributed by atoms with Gasteiger partial charge in [-0.15, -0.1) is 0 Å². The Kier molecular flexibility index (Phi) is 3.99. The molecule has 2 atom stereocenters. The molecule has 1 aromatic rings. The molecule has 104 valence electrons. The van der Waals surface area contributed by atoms with Crippen molar-refractivity contribution < 1.29 is 19.4 Å². The molecule has 0 radical (unpaired) electrons. The summed E-state index contributed by atoms with van der Waals surface area (Å²) in [6.07, 6.45) is 2.87. The van der Waals surface area contributed by atoms with Crippen LogP contribution in [0.15, 0.2) is 6.20 Å². The van der Waals surface area contributed by atoms with Crippen LogP contribution in [-0.4, -0.2) is 39.4 Å². The number of aromatic carboxylic acids is 1. The van der Waals surface area contributed by atoms with Crippen LogP contribution in [0, 0.1) is 6.92 Å². The molecule has 6 heteroatoms. The van der Waals surface area contributed by atoms with Crippen molar-refractivity contribution in [2.24, 2.45) is 0 Å². The minimum Gasteiger partial charge on any atom is -0.477 e. The predicted octanol–water partition coefficient (Wildman–Crippen LogP) is 1.82. The SMILES string of the molecule is Cc1ncc(C(=O)O)c(OC2CC(C)OC(C)C2)n1. The van der Waals surface area contributed by atoms with Crippen LogP contribution in [0.3, 0.4) is 0 Å². The van der Waals surface area contributed by atoms with Crippen molar-refractivity contribution in [1.29, 1.82) is 0 Å². The smallest absolute Gasteiger partial charge is 0.342 e. The van der Waals surface area contributed by atoms with Crippen LogP contribution in [0.4, 0.5) is 0 Å². The first-order valence-corrected chi connectivity index (χ1v) is 6.34. The van der Waals surface area contributed by atoms with Crippen molar-refractivity contribution in [3.05, 3.63) is 17.6 Å². The van der Waals surface area contributed by atoms with E-state index in [0.717, 1.165) is 12.8 Å². The van der Waals surface area contributed by atoms with Gasteiger partial charge < -0.3 is 14.6 Å². The summed E-state index contributed by atoms with van der Waals surface area (Å²) < 4.78 is 11.4. The maximum Gasteiger partial charge on any atom is 0.342 e. The number of hydrogen-bond donors (Lipinski definition) is 1. The Hall–Kier alpha value is -1.69. The monoisotopic (exact) mass is 266 g/mol. The normalized spacial score (nSPS) is 27.0. The molecule has 0 amide bonds. The molecule has 1 aromatic heterocycles. The molecule has 6 nitrogen and oxygen atoms in total. The highest BCUT2D eigenvalue weighted by molar-refractivity contribution is 5.89. The van der Waals surface area contributed by atoms with Crippen molar-refractivity contribution in [2.75, 3.05) is 0 Å². The average Bonchev–Trinajstić information content (AvgIpc) is 2.26. The molecule has 0 bridgehead atoms. The van der Waals surface area contributed by atoms with E-state index in [0.29, 0.717) is 5.82 Å². The second-order valence-corrected chi connectivity index (χ2v) is 4.91. The molecular weight excluding hydrogens is 248 g/mol. The Balaban J connectivity index is 2.18. The van der Waals surface area contributed by atoms with Crippen LogP contribution in [-0.2, 0) is 4.74 Å². The van der Waals surface area contributed by atoms with Gasteiger partial charge in [0.1, 0.15) is 17.5 Å². The number of rotatable bonds is 3. The first-order chi connectivity index (χ1) is 8.95. The summed E-state index contributed by atoms with van der Waals surface area (Å²) in [5.41, 5.74) is -0.00241. The molecule has 0 aromatic carbocycles. The summed E-state index contributed by atoms with van der Waals surface area (Å²) in [6.45, 7) is 5.67. The number of hydrogen-bond acceptors (Lipinski definition) is 5. The lowest BCUT2D eigenvalue weighted by atomic mass is 10.0. The Morgan fingerprint density at radius 1 is 1.42 bits per heavy atom. The number of aromatic nitrogens is 2. The molecule has 0 aliphatic carbocycles. The fourth-order valence-corrected chi connectivity index (χ4v) is 2.28. The number of carboxylic acid groups (broad SMARTS) is 1. The van der Waals surface area contributed by atoms with Gasteiger partial charge in [0.15, 0.2) is 0 Å². The van der Waals surface area contributed by atoms with Crippen molar-refractivity contribution in [3.63, 3.8) is 0 Å². The molecule has 19 heavy (non-hydrogen) atoms. The topological polar surface area (TPSA) is 81.5 Å². The van der Waals surface area contributed by atoms with E-state index in [-0.39, 0.29) is 29.8 Å². The number of carbonyl (C=O) groups is 1. The van der Waals surface area contributed by atoms with Gasteiger partial charge in [-0.05, 0) is 20.8 Å². The van der Waals surface area contributed by atoms with E-state index in [1.165, 1.54) is 6.20 Å². The maximum absolute atomic E-state index is 11.1. The van der Waals surface area contributed by atoms with Gasteiger partial charge >= 0.3 is 5.97 Å². The molecule has 0 saturated carbocycles. The molecule has 1 fully saturated rings. The van der Waals surface area contributed by atoms with Gasteiger partial charge in [0.05, 0.1) is 12.2 Å². The van der Waals surface area contributed by atoms with Crippen LogP contribution in [0.5, 0.6) is 5.88 Å². The number of ether oxygens (including phenoxy) is 2. The molecule has 1 saturated heterocycles. The summed E-state index contributed by atoms with van der Waals surface area (Å²) in [5.74, 6) is -0.442. The van der Waals surface area contributed by atoms with Gasteiger partial charge in [0, 0.05) is 19.0 Å². The van der Waals surface area contributed by atoms with Crippen LogP contribution in [0.25, 0.3) is 0 Å². The lowest BCUT2D eigenvalue weighted by Gasteiger charge is -2.32. The molecule has 1 aliphatic rings. The van der Waals surface area contributed by atoms with Crippen LogP contribution in [0.2, 0.25) is 0 Å². The highest BCUT2D eigenvalue weighted by Crippen LogP contribution is 2.25. The minimum atomic E-state index is -1.08. The zero-order chi connectivity index (χ0) is 14.0. The standard InChI is InChI=1S/C13H18N2O4/c1-7-4-10(5-8(2)18-7)19-12-11(13(16)17)6-14-9(3)15-12/h6-8,10H,4-5H2,1-3H3,(H,16,17). The fraction of sp³-hybridized carbons (Fsp3) is 0.615. The van der Waals surface area contributed by atoms with E-state index < -0.39 is 5.97 Å². The summed E-state index contributed by atoms with van der Waals surface area (Å²) >= 11 is 0. The van der Waals surface area contributed by atoms with E-state index >= 15 is 0 Å². The third-order valence-electron chi connectivity index (χ3n) is 3.04. The summed E-state index contributed by atoms with van der Waals surface area (Å²) in [5, 5.41) is 9.11. The van der Waals surface area contributed by atoms with Gasteiger partial charge in [0.2, 0.25) is 5.88 Å². The molecule has 1 aliphatic heterocycles. The van der Waals surface area contributed by atoms with Gasteiger partial charge in [0.25, 0.3) is 0 Å². The Morgan fingerprint density at radius 3 is 2.63 bits per heavy atom. The number of nitrogens with zero attached hydrogens (tertiary/aromatic N) is 2. The average molecular weight is 266 g/mol. The summed E-state index contributed by atoms with van der Waals surface area (Å²) in [7, 11) is 0. The van der Waals surface area contributed by atoms with Gasteiger partial charge in [-0.3, -0.25) is 0 Å². The zero-order valence-electron chi connectivity index (χ0n) is 11.3. The Morgan fingerprint density at radius 2 is 2.05 bits per heavy atom. The molecule has 2 heterocycles. The fourth-order valence-electron chi connectivity index (χ4n) is 2.28. The van der Waals surface area contributed by atoms with E-state index in [4.69, 9.17) is 14.6 Å². The predicted molar refractivity (Wildman–Crippen MR) is 67.4 cm³/mol. The van der Waals surface area contributed by atoms with Crippen molar-refractivity contribution in [3.8, 4) is 5.88 Å². The number of carboxylic acids is 1. The quantitative estimate of drug-likeness (QED) is 0.898. The van der Waals surface area contributed by atoms with Gasteiger partial charge in [-0.2, -0.15) is 4.98 Å². The third-order valence-corrected chi connectivity index (χ3v) is 3.04. The first kappa shape index (κ1) is 13.7. The van der Waals surface area contributed by atoms with E-state index in [1.54, 1.807) is 6.92 Å². The largest absolute Gasteiger partial charge is 0.477 e. The molecule has 2 rings (SSSR count). The summed E-state index contributed by atoms with van der Waals surface area (Å²) in [6, 6.07) is 0. The van der Waals surface area contributed by atoms with Crippen LogP contribution in [0.1, 0.15) is 42.9 Å². The van der Waals surface area contributed by atoms with Crippen molar-refractivity contribution in [1.82, 2.24) is 9.97 Å². The first-order valence-electron chi connectivity index (χ1n) is 6.34. The Bertz CT molecular complexity index is 468. The number of aryl methyl sites for hydroxylation is 1. The highest BCUT2D eigenvalue weighted by Gasteiger charge is 2.27. The lowest BCUT2D eigenvalue weighted by molar-refractivity contribution is -0.0731. The summed E-state index contributed by atoms with van der Waals surface area (Å²) in [4.78, 5) is 19.1. The lowest BCUT2D eigenvalue weighted by Crippen LogP contribution is -2.36. The second kappa shape index (κ2) is 5.52. The third kappa shape index (κ3) is 3.41. The van der Waals surface area contributed by atoms with E-state index in [9.17, 15) is 4.79 Å². The van der Waals surface area contributed by atoms with Crippen LogP contribution >= 0.6 is 0 Å². The van der Waals surface area contributed by atoms with E-state index in [1.807, 2.05) is 13.8 Å². The van der Waals surface area contributed by atoms with E-state index in [2.05, 4.69) is 9.97 Å². The molecular formula is C13H18N2O4. The van der Waals surface area contributed by atoms with Crippen molar-refractivity contribution >= 4 is 5.97 Å². The van der Waals surface area contributed by atoms with Crippen molar-refractivity contribution in [2.45, 2.75) is 51.9 Å². The second-order valence-electron chi connectivity index (χ2n) is 4.91. The Labute approximate surface area is 111 Å². The maximum atomic E-state index is 11.1. The van der Waals surface area contributed by atoms with Gasteiger partial charge in [-0.1, -0.05) is 0 Å². The highest BCUT2D eigenvalue weighted by atomic mass is 16.5. The van der Waals surface area contributed by atoms with Gasteiger partial charge in [-0.25, -0.2) is 9.78 Å². The zero-order valence-corrected chi connectivity index (χ0v) is 11.3. The minimum absolute atomic E-state index is 0.00241. The van der Waals surface area contributed by atoms with Crippen LogP contribution < -0.4 is 4.74 Å². The molecule has 1 N–H and O–H groups in total.